The molecule has 1 atom stereocenters. The van der Waals surface area contributed by atoms with Gasteiger partial charge in [0.25, 0.3) is 0 Å². The van der Waals surface area contributed by atoms with E-state index in [4.69, 9.17) is 16.6 Å². The summed E-state index contributed by atoms with van der Waals surface area (Å²) in [6.45, 7) is 3.06. The van der Waals surface area contributed by atoms with Crippen LogP contribution in [0.15, 0.2) is 36.4 Å². The normalized spacial score (nSPS) is 12.9. The average molecular weight is 323 g/mol. The van der Waals surface area contributed by atoms with Crippen molar-refractivity contribution in [3.63, 3.8) is 0 Å². The number of nitrogens with one attached hydrogen (secondary N) is 1. The van der Waals surface area contributed by atoms with Gasteiger partial charge in [-0.05, 0) is 30.8 Å². The van der Waals surface area contributed by atoms with Crippen LogP contribution in [0.2, 0.25) is 4.34 Å². The van der Waals surface area contributed by atoms with Gasteiger partial charge in [0, 0.05) is 11.3 Å². The van der Waals surface area contributed by atoms with Gasteiger partial charge in [-0.3, -0.25) is 0 Å². The van der Waals surface area contributed by atoms with Gasteiger partial charge in [-0.25, -0.2) is 4.98 Å². The topological polar surface area (TPSA) is 24.9 Å². The zero-order chi connectivity index (χ0) is 13.9. The Bertz CT molecular complexity index is 672. The highest BCUT2D eigenvalue weighted by Crippen LogP contribution is 2.30. The number of aromatic nitrogens is 1. The zero-order valence-electron chi connectivity index (χ0n) is 11.1. The minimum Gasteiger partial charge on any atom is -0.308 e. The third-order valence-electron chi connectivity index (χ3n) is 3.09. The second-order valence-corrected chi connectivity index (χ2v) is 7.40. The molecule has 2 heterocycles. The first-order valence-electron chi connectivity index (χ1n) is 6.59. The number of fused-ring (bicyclic) bond motifs is 1. The third kappa shape index (κ3) is 3.04. The van der Waals surface area contributed by atoms with Crippen LogP contribution >= 0.6 is 34.3 Å². The molecule has 2 nitrogen and oxygen atoms in total. The van der Waals surface area contributed by atoms with Crippen molar-refractivity contribution in [3.8, 4) is 0 Å². The van der Waals surface area contributed by atoms with Crippen LogP contribution in [0.5, 0.6) is 0 Å². The summed E-state index contributed by atoms with van der Waals surface area (Å²) in [7, 11) is 0. The molecule has 20 heavy (non-hydrogen) atoms. The molecule has 0 spiro atoms. The van der Waals surface area contributed by atoms with Crippen LogP contribution in [0.1, 0.15) is 22.9 Å². The van der Waals surface area contributed by atoms with Crippen LogP contribution in [0.4, 0.5) is 0 Å². The van der Waals surface area contributed by atoms with Crippen LogP contribution in [0.3, 0.4) is 0 Å². The fraction of sp³-hybridized carbons (Fsp3) is 0.267. The maximum Gasteiger partial charge on any atom is 0.111 e. The van der Waals surface area contributed by atoms with Crippen LogP contribution in [0, 0.1) is 0 Å². The third-order valence-corrected chi connectivity index (χ3v) is 5.50. The van der Waals surface area contributed by atoms with Crippen molar-refractivity contribution in [3.05, 3.63) is 50.6 Å². The van der Waals surface area contributed by atoms with E-state index in [0.717, 1.165) is 27.8 Å². The number of thiazole rings is 1. The Morgan fingerprint density at radius 1 is 1.20 bits per heavy atom. The summed E-state index contributed by atoms with van der Waals surface area (Å²) < 4.78 is 2.09. The van der Waals surface area contributed by atoms with Gasteiger partial charge in [-0.2, -0.15) is 0 Å². The number of hydrogen-bond donors (Lipinski definition) is 1. The molecule has 0 fully saturated rings. The molecule has 1 aromatic carbocycles. The van der Waals surface area contributed by atoms with Crippen molar-refractivity contribution in [1.82, 2.24) is 10.3 Å². The molecule has 0 saturated heterocycles. The molecule has 1 unspecified atom stereocenters. The second-order valence-electron chi connectivity index (χ2n) is 4.54. The first-order valence-corrected chi connectivity index (χ1v) is 8.60. The van der Waals surface area contributed by atoms with E-state index < -0.39 is 0 Å². The molecule has 5 heteroatoms. The number of para-hydroxylation sites is 1. The molecule has 0 aliphatic carbocycles. The summed E-state index contributed by atoms with van der Waals surface area (Å²) in [5.41, 5.74) is 1.08. The van der Waals surface area contributed by atoms with Crippen LogP contribution < -0.4 is 5.32 Å². The molecule has 0 amide bonds. The number of likely N-dealkylation sites (N-methyl/N-ethyl adjacent to an activating group) is 1. The summed E-state index contributed by atoms with van der Waals surface area (Å²) in [5.74, 6) is 0. The van der Waals surface area contributed by atoms with E-state index in [2.05, 4.69) is 36.5 Å². The van der Waals surface area contributed by atoms with E-state index in [1.165, 1.54) is 9.58 Å². The van der Waals surface area contributed by atoms with Gasteiger partial charge in [-0.15, -0.1) is 22.7 Å². The van der Waals surface area contributed by atoms with Crippen molar-refractivity contribution >= 4 is 44.5 Å². The van der Waals surface area contributed by atoms with E-state index in [1.807, 2.05) is 12.1 Å². The Balaban J connectivity index is 1.89. The monoisotopic (exact) mass is 322 g/mol. The van der Waals surface area contributed by atoms with Gasteiger partial charge in [0.15, 0.2) is 0 Å². The first kappa shape index (κ1) is 14.0. The fourth-order valence-corrected chi connectivity index (χ4v) is 4.37. The maximum absolute atomic E-state index is 6.02. The smallest absolute Gasteiger partial charge is 0.111 e. The van der Waals surface area contributed by atoms with Crippen molar-refractivity contribution in [2.75, 3.05) is 6.54 Å². The molecule has 1 N–H and O–H groups in total. The average Bonchev–Trinajstić information content (AvgIpc) is 3.04. The molecular weight excluding hydrogens is 308 g/mol. The van der Waals surface area contributed by atoms with E-state index in [9.17, 15) is 0 Å². The van der Waals surface area contributed by atoms with Gasteiger partial charge >= 0.3 is 0 Å². The minimum atomic E-state index is 0.257. The van der Waals surface area contributed by atoms with Crippen LogP contribution in [-0.2, 0) is 6.42 Å². The number of nitrogens with zero attached hydrogens (tertiary/aromatic N) is 1. The van der Waals surface area contributed by atoms with Gasteiger partial charge in [-0.1, -0.05) is 30.7 Å². The van der Waals surface area contributed by atoms with Gasteiger partial charge in [0.1, 0.15) is 5.01 Å². The Labute approximate surface area is 131 Å². The lowest BCUT2D eigenvalue weighted by molar-refractivity contribution is 0.551. The molecule has 0 saturated carbocycles. The lowest BCUT2D eigenvalue weighted by Gasteiger charge is -2.14. The highest BCUT2D eigenvalue weighted by Gasteiger charge is 2.16. The number of benzene rings is 1. The fourth-order valence-electron chi connectivity index (χ4n) is 2.19. The molecule has 0 aliphatic rings. The van der Waals surface area contributed by atoms with Gasteiger partial charge in [0.2, 0.25) is 0 Å². The number of thiophene rings is 1. The highest BCUT2D eigenvalue weighted by atomic mass is 35.5. The molecule has 2 aromatic heterocycles. The zero-order valence-corrected chi connectivity index (χ0v) is 13.5. The molecule has 3 rings (SSSR count). The number of rotatable bonds is 5. The molecule has 0 radical (unpaired) electrons. The lowest BCUT2D eigenvalue weighted by Crippen LogP contribution is -2.22. The summed E-state index contributed by atoms with van der Waals surface area (Å²) in [4.78, 5) is 6.05. The van der Waals surface area contributed by atoms with Crippen molar-refractivity contribution in [2.45, 2.75) is 19.4 Å². The SMILES string of the molecule is CCNC(Cc1ccc(Cl)s1)c1nc2ccccc2s1. The maximum atomic E-state index is 6.02. The Hall–Kier alpha value is -0.940. The van der Waals surface area contributed by atoms with E-state index in [1.54, 1.807) is 22.7 Å². The largest absolute Gasteiger partial charge is 0.308 e. The molecule has 104 valence electrons. The van der Waals surface area contributed by atoms with E-state index in [-0.39, 0.29) is 6.04 Å². The molecule has 0 aliphatic heterocycles. The summed E-state index contributed by atoms with van der Waals surface area (Å²) in [6, 6.07) is 12.6. The van der Waals surface area contributed by atoms with Crippen LogP contribution in [-0.4, -0.2) is 11.5 Å². The molecule has 3 aromatic rings. The minimum absolute atomic E-state index is 0.257. The van der Waals surface area contributed by atoms with Gasteiger partial charge < -0.3 is 5.32 Å². The Morgan fingerprint density at radius 3 is 2.75 bits per heavy atom. The van der Waals surface area contributed by atoms with Gasteiger partial charge in [0.05, 0.1) is 20.6 Å². The Morgan fingerprint density at radius 2 is 2.05 bits per heavy atom. The predicted octanol–water partition coefficient (Wildman–Crippen LogP) is 4.90. The summed E-state index contributed by atoms with van der Waals surface area (Å²) in [5, 5.41) is 4.68. The summed E-state index contributed by atoms with van der Waals surface area (Å²) >= 11 is 9.43. The Kier molecular flexibility index (Phi) is 4.36. The number of hydrogen-bond acceptors (Lipinski definition) is 4. The second kappa shape index (κ2) is 6.22. The van der Waals surface area contributed by atoms with Crippen LogP contribution in [0.25, 0.3) is 10.2 Å². The predicted molar refractivity (Wildman–Crippen MR) is 89.1 cm³/mol. The van der Waals surface area contributed by atoms with Crippen molar-refractivity contribution < 1.29 is 0 Å². The van der Waals surface area contributed by atoms with Crippen molar-refractivity contribution in [2.24, 2.45) is 0 Å². The van der Waals surface area contributed by atoms with E-state index in [0.29, 0.717) is 0 Å². The highest BCUT2D eigenvalue weighted by molar-refractivity contribution is 7.18. The standard InChI is InChI=1S/C15H15ClN2S2/c1-2-17-12(9-10-7-8-14(16)19-10)15-18-11-5-3-4-6-13(11)20-15/h3-8,12,17H,2,9H2,1H3. The first-order chi connectivity index (χ1) is 9.76. The molecule has 0 bridgehead atoms. The summed E-state index contributed by atoms with van der Waals surface area (Å²) in [6.07, 6.45) is 0.936. The molecular formula is C15H15ClN2S2. The van der Waals surface area contributed by atoms with E-state index >= 15 is 0 Å². The quantitative estimate of drug-likeness (QED) is 0.722. The van der Waals surface area contributed by atoms with Crippen molar-refractivity contribution in [1.29, 1.82) is 0 Å². The lowest BCUT2D eigenvalue weighted by atomic mass is 10.2. The number of halogens is 1.